The molecule has 0 amide bonds. The van der Waals surface area contributed by atoms with Crippen LogP contribution in [0.25, 0.3) is 21.5 Å². The van der Waals surface area contributed by atoms with Crippen molar-refractivity contribution in [3.63, 3.8) is 0 Å². The maximum Gasteiger partial charge on any atom is 0.162 e. The monoisotopic (exact) mass is 439 g/mol. The van der Waals surface area contributed by atoms with E-state index in [1.807, 2.05) is 68.6 Å². The molecule has 2 aromatic carbocycles. The molecule has 0 fully saturated rings. The molecule has 0 radical (unpaired) electrons. The first-order chi connectivity index (χ1) is 14.5. The maximum absolute atomic E-state index is 10.9. The summed E-state index contributed by atoms with van der Waals surface area (Å²) in [5, 5.41) is 4.69. The van der Waals surface area contributed by atoms with Crippen LogP contribution in [-0.2, 0) is 0 Å². The molecule has 0 saturated carbocycles. The molecule has 7 heteroatoms. The van der Waals surface area contributed by atoms with Crippen molar-refractivity contribution < 1.29 is 9.53 Å². The molecule has 0 bridgehead atoms. The SMILES string of the molecule is CNc1cccc(Cl)c1C.COc1cccc(-c2ccc3c(N)c(C=O)sc3n2)c1. The number of nitrogens with zero attached hydrogens (tertiary/aromatic N) is 1. The number of carbonyl (C=O) groups is 1. The van der Waals surface area contributed by atoms with Crippen molar-refractivity contribution in [2.24, 2.45) is 0 Å². The summed E-state index contributed by atoms with van der Waals surface area (Å²) in [6.45, 7) is 1.99. The number of anilines is 2. The highest BCUT2D eigenvalue weighted by molar-refractivity contribution is 7.20. The largest absolute Gasteiger partial charge is 0.497 e. The smallest absolute Gasteiger partial charge is 0.162 e. The Morgan fingerprint density at radius 3 is 2.60 bits per heavy atom. The molecule has 154 valence electrons. The number of ether oxygens (including phenoxy) is 1. The van der Waals surface area contributed by atoms with Gasteiger partial charge in [0.1, 0.15) is 10.6 Å². The van der Waals surface area contributed by atoms with E-state index in [9.17, 15) is 4.79 Å². The van der Waals surface area contributed by atoms with Gasteiger partial charge in [-0.25, -0.2) is 4.98 Å². The summed E-state index contributed by atoms with van der Waals surface area (Å²) in [6, 6.07) is 17.3. The third-order valence-corrected chi connectivity index (χ3v) is 6.08. The summed E-state index contributed by atoms with van der Waals surface area (Å²) < 4.78 is 5.21. The number of nitrogens with two attached hydrogens (primary N) is 1. The summed E-state index contributed by atoms with van der Waals surface area (Å²) in [5.41, 5.74) is 10.4. The van der Waals surface area contributed by atoms with Gasteiger partial charge in [0.15, 0.2) is 6.29 Å². The second-order valence-electron chi connectivity index (χ2n) is 6.44. The molecule has 30 heavy (non-hydrogen) atoms. The Bertz CT molecular complexity index is 1190. The number of thiophene rings is 1. The molecule has 0 spiro atoms. The normalized spacial score (nSPS) is 10.3. The predicted molar refractivity (Wildman–Crippen MR) is 127 cm³/mol. The average molecular weight is 440 g/mol. The fraction of sp³-hybridized carbons (Fsp3) is 0.130. The van der Waals surface area contributed by atoms with Crippen molar-refractivity contribution in [3.05, 3.63) is 70.1 Å². The summed E-state index contributed by atoms with van der Waals surface area (Å²) in [7, 11) is 3.52. The first-order valence-corrected chi connectivity index (χ1v) is 10.4. The zero-order valence-electron chi connectivity index (χ0n) is 16.9. The molecule has 0 saturated heterocycles. The average Bonchev–Trinajstić information content (AvgIpc) is 3.11. The highest BCUT2D eigenvalue weighted by atomic mass is 35.5. The van der Waals surface area contributed by atoms with Gasteiger partial charge in [-0.05, 0) is 48.9 Å². The van der Waals surface area contributed by atoms with E-state index >= 15 is 0 Å². The number of carbonyl (C=O) groups excluding carboxylic acids is 1. The van der Waals surface area contributed by atoms with E-state index in [4.69, 9.17) is 22.1 Å². The fourth-order valence-corrected chi connectivity index (χ4v) is 4.01. The molecule has 0 aliphatic carbocycles. The van der Waals surface area contributed by atoms with E-state index in [2.05, 4.69) is 10.3 Å². The van der Waals surface area contributed by atoms with Gasteiger partial charge in [-0.3, -0.25) is 4.79 Å². The van der Waals surface area contributed by atoms with Crippen molar-refractivity contribution in [3.8, 4) is 17.0 Å². The first-order valence-electron chi connectivity index (χ1n) is 9.20. The minimum absolute atomic E-state index is 0.504. The van der Waals surface area contributed by atoms with Crippen LogP contribution >= 0.6 is 22.9 Å². The second-order valence-corrected chi connectivity index (χ2v) is 7.88. The molecule has 0 aliphatic heterocycles. The second kappa shape index (κ2) is 9.61. The third-order valence-electron chi connectivity index (χ3n) is 4.63. The van der Waals surface area contributed by atoms with Gasteiger partial charge in [-0.15, -0.1) is 11.3 Å². The highest BCUT2D eigenvalue weighted by Gasteiger charge is 2.11. The number of nitrogens with one attached hydrogen (secondary N) is 1. The number of methoxy groups -OCH3 is 1. The Balaban J connectivity index is 0.000000216. The van der Waals surface area contributed by atoms with Crippen LogP contribution in [0.3, 0.4) is 0 Å². The van der Waals surface area contributed by atoms with Gasteiger partial charge in [-0.2, -0.15) is 0 Å². The molecule has 4 aromatic rings. The lowest BCUT2D eigenvalue weighted by Gasteiger charge is -2.04. The highest BCUT2D eigenvalue weighted by Crippen LogP contribution is 2.33. The number of hydrogen-bond donors (Lipinski definition) is 2. The molecule has 0 unspecified atom stereocenters. The van der Waals surface area contributed by atoms with Gasteiger partial charge in [0.2, 0.25) is 0 Å². The van der Waals surface area contributed by atoms with Crippen LogP contribution in [0.1, 0.15) is 15.2 Å². The Kier molecular flexibility index (Phi) is 6.92. The van der Waals surface area contributed by atoms with Crippen molar-refractivity contribution >= 4 is 50.8 Å². The Morgan fingerprint density at radius 1 is 1.17 bits per heavy atom. The molecule has 2 aromatic heterocycles. The Hall–Kier alpha value is -3.09. The number of hydrogen-bond acceptors (Lipinski definition) is 6. The van der Waals surface area contributed by atoms with Gasteiger partial charge in [0.25, 0.3) is 0 Å². The van der Waals surface area contributed by atoms with Crippen molar-refractivity contribution in [2.75, 3.05) is 25.2 Å². The molecule has 0 aliphatic rings. The standard InChI is InChI=1S/C15H12N2O2S.C8H10ClN/c1-19-10-4-2-3-9(7-10)12-6-5-11-14(16)13(8-18)20-15(11)17-12;1-6-7(9)4-3-5-8(6)10-2/h2-8H,16H2,1H3;3-5,10H,1-2H3. The van der Waals surface area contributed by atoms with Gasteiger partial charge < -0.3 is 15.8 Å². The van der Waals surface area contributed by atoms with Crippen molar-refractivity contribution in [1.82, 2.24) is 4.98 Å². The molecule has 0 atom stereocenters. The summed E-state index contributed by atoms with van der Waals surface area (Å²) >= 11 is 7.16. The molecule has 5 nitrogen and oxygen atoms in total. The number of fused-ring (bicyclic) bond motifs is 1. The van der Waals surface area contributed by atoms with E-state index in [0.29, 0.717) is 10.6 Å². The van der Waals surface area contributed by atoms with E-state index in [1.54, 1.807) is 7.11 Å². The van der Waals surface area contributed by atoms with Crippen molar-refractivity contribution in [1.29, 1.82) is 0 Å². The van der Waals surface area contributed by atoms with Gasteiger partial charge in [-0.1, -0.05) is 29.8 Å². The third kappa shape index (κ3) is 4.56. The molecular weight excluding hydrogens is 418 g/mol. The van der Waals surface area contributed by atoms with Crippen LogP contribution in [0, 0.1) is 6.92 Å². The Labute approximate surface area is 184 Å². The van der Waals surface area contributed by atoms with Gasteiger partial charge in [0.05, 0.1) is 23.4 Å². The molecule has 2 heterocycles. The van der Waals surface area contributed by atoms with Gasteiger partial charge in [0, 0.05) is 28.7 Å². The summed E-state index contributed by atoms with van der Waals surface area (Å²) in [5.74, 6) is 0.781. The number of nitrogen functional groups attached to an aromatic ring is 1. The number of halogens is 1. The number of benzene rings is 2. The van der Waals surface area contributed by atoms with Crippen molar-refractivity contribution in [2.45, 2.75) is 6.92 Å². The summed E-state index contributed by atoms with van der Waals surface area (Å²) in [4.78, 5) is 16.8. The fourth-order valence-electron chi connectivity index (χ4n) is 2.92. The quantitative estimate of drug-likeness (QED) is 0.378. The van der Waals surface area contributed by atoms with Crippen LogP contribution in [0.5, 0.6) is 5.75 Å². The van der Waals surface area contributed by atoms with Crippen LogP contribution in [0.4, 0.5) is 11.4 Å². The Morgan fingerprint density at radius 2 is 1.93 bits per heavy atom. The lowest BCUT2D eigenvalue weighted by Crippen LogP contribution is -1.90. The van der Waals surface area contributed by atoms with Crippen LogP contribution in [-0.4, -0.2) is 25.4 Å². The van der Waals surface area contributed by atoms with Crippen LogP contribution in [0.15, 0.2) is 54.6 Å². The number of rotatable bonds is 4. The number of aldehydes is 1. The number of aromatic nitrogens is 1. The molecule has 4 rings (SSSR count). The van der Waals surface area contributed by atoms with E-state index in [1.165, 1.54) is 11.3 Å². The minimum Gasteiger partial charge on any atom is -0.497 e. The minimum atomic E-state index is 0.504. The van der Waals surface area contributed by atoms with E-state index in [0.717, 1.165) is 49.8 Å². The zero-order chi connectivity index (χ0) is 21.7. The van der Waals surface area contributed by atoms with Gasteiger partial charge >= 0.3 is 0 Å². The predicted octanol–water partition coefficient (Wildman–Crippen LogP) is 6.06. The van der Waals surface area contributed by atoms with Crippen LogP contribution < -0.4 is 15.8 Å². The lowest BCUT2D eigenvalue weighted by molar-refractivity contribution is 0.112. The first kappa shape index (κ1) is 21.6. The van der Waals surface area contributed by atoms with E-state index in [-0.39, 0.29) is 0 Å². The topological polar surface area (TPSA) is 77.2 Å². The summed E-state index contributed by atoms with van der Waals surface area (Å²) in [6.07, 6.45) is 0.771. The maximum atomic E-state index is 10.9. The molecular formula is C23H22ClN3O2S. The van der Waals surface area contributed by atoms with E-state index < -0.39 is 0 Å². The number of pyridine rings is 1. The lowest BCUT2D eigenvalue weighted by atomic mass is 10.1. The van der Waals surface area contributed by atoms with Crippen LogP contribution in [0.2, 0.25) is 5.02 Å². The molecule has 3 N–H and O–H groups in total. The zero-order valence-corrected chi connectivity index (χ0v) is 18.5.